The topological polar surface area (TPSA) is 26.3 Å². The van der Waals surface area contributed by atoms with Gasteiger partial charge in [-0.2, -0.15) is 0 Å². The molecule has 88 valence electrons. The lowest BCUT2D eigenvalue weighted by atomic mass is 10.0. The van der Waals surface area contributed by atoms with Gasteiger partial charge in [-0.3, -0.25) is 4.79 Å². The first kappa shape index (κ1) is 13.5. The first-order valence-electron chi connectivity index (χ1n) is 5.11. The Bertz CT molecular complexity index is 379. The van der Waals surface area contributed by atoms with E-state index in [4.69, 9.17) is 16.3 Å². The Morgan fingerprint density at radius 3 is 2.88 bits per heavy atom. The maximum absolute atomic E-state index is 11.4. The van der Waals surface area contributed by atoms with E-state index in [-0.39, 0.29) is 10.8 Å². The molecule has 1 rings (SSSR count). The molecule has 0 saturated carbocycles. The van der Waals surface area contributed by atoms with Crippen molar-refractivity contribution < 1.29 is 9.53 Å². The smallest absolute Gasteiger partial charge is 0.320 e. The fourth-order valence-corrected chi connectivity index (χ4v) is 2.06. The van der Waals surface area contributed by atoms with Crippen molar-refractivity contribution in [2.75, 3.05) is 6.61 Å². The third-order valence-electron chi connectivity index (χ3n) is 2.32. The van der Waals surface area contributed by atoms with Gasteiger partial charge in [-0.15, -0.1) is 0 Å². The number of hydrogen-bond acceptors (Lipinski definition) is 2. The number of carbonyl (C=O) groups is 1. The minimum Gasteiger partial charge on any atom is -0.465 e. The third kappa shape index (κ3) is 3.49. The fourth-order valence-electron chi connectivity index (χ4n) is 1.38. The summed E-state index contributed by atoms with van der Waals surface area (Å²) in [4.78, 5) is 11.1. The predicted molar refractivity (Wildman–Crippen MR) is 69.2 cm³/mol. The molecular formula is C12H14BrClO2. The number of halogens is 2. The molecule has 1 aromatic carbocycles. The molecule has 4 heteroatoms. The lowest BCUT2D eigenvalue weighted by molar-refractivity contribution is -0.142. The van der Waals surface area contributed by atoms with Crippen molar-refractivity contribution in [1.82, 2.24) is 0 Å². The summed E-state index contributed by atoms with van der Waals surface area (Å²) in [6.45, 7) is 4.14. The fraction of sp³-hybridized carbons (Fsp3) is 0.417. The maximum Gasteiger partial charge on any atom is 0.320 e. The Morgan fingerprint density at radius 2 is 2.25 bits per heavy atom. The van der Waals surface area contributed by atoms with Crippen molar-refractivity contribution in [3.05, 3.63) is 34.3 Å². The number of carbonyl (C=O) groups excluding carboxylic acids is 1. The average molecular weight is 306 g/mol. The largest absolute Gasteiger partial charge is 0.465 e. The van der Waals surface area contributed by atoms with Crippen LogP contribution in [-0.2, 0) is 16.0 Å². The Labute approximate surface area is 109 Å². The number of alkyl halides is 1. The molecule has 0 aliphatic carbocycles. The molecule has 0 bridgehead atoms. The lowest BCUT2D eigenvalue weighted by Crippen LogP contribution is -2.20. The van der Waals surface area contributed by atoms with Crippen molar-refractivity contribution in [2.45, 2.75) is 25.1 Å². The van der Waals surface area contributed by atoms with Crippen LogP contribution in [0.2, 0.25) is 5.02 Å². The molecule has 0 saturated heterocycles. The third-order valence-corrected chi connectivity index (χ3v) is 3.43. The molecule has 2 nitrogen and oxygen atoms in total. The minimum atomic E-state index is -0.315. The Kier molecular flexibility index (Phi) is 5.29. The number of hydrogen-bond donors (Lipinski definition) is 0. The zero-order chi connectivity index (χ0) is 12.1. The molecule has 0 amide bonds. The Hall–Kier alpha value is -0.540. The average Bonchev–Trinajstić information content (AvgIpc) is 2.25. The van der Waals surface area contributed by atoms with Crippen molar-refractivity contribution in [3.63, 3.8) is 0 Å². The van der Waals surface area contributed by atoms with E-state index in [0.717, 1.165) is 16.1 Å². The second kappa shape index (κ2) is 6.26. The van der Waals surface area contributed by atoms with E-state index in [2.05, 4.69) is 15.9 Å². The van der Waals surface area contributed by atoms with Gasteiger partial charge in [0.2, 0.25) is 0 Å². The van der Waals surface area contributed by atoms with Crippen LogP contribution in [-0.4, -0.2) is 17.4 Å². The minimum absolute atomic E-state index is 0.234. The zero-order valence-corrected chi connectivity index (χ0v) is 11.6. The summed E-state index contributed by atoms with van der Waals surface area (Å²) in [6.07, 6.45) is 0.589. The molecule has 0 heterocycles. The van der Waals surface area contributed by atoms with Gasteiger partial charge in [-0.1, -0.05) is 39.7 Å². The molecule has 0 aromatic heterocycles. The molecule has 1 unspecified atom stereocenters. The van der Waals surface area contributed by atoms with Crippen LogP contribution >= 0.6 is 27.5 Å². The summed E-state index contributed by atoms with van der Waals surface area (Å²) in [7, 11) is 0. The van der Waals surface area contributed by atoms with Gasteiger partial charge in [-0.05, 0) is 37.5 Å². The number of esters is 1. The van der Waals surface area contributed by atoms with E-state index in [1.807, 2.05) is 25.1 Å². The summed E-state index contributed by atoms with van der Waals surface area (Å²) < 4.78 is 4.93. The van der Waals surface area contributed by atoms with E-state index in [1.165, 1.54) is 0 Å². The second-order valence-corrected chi connectivity index (χ2v) is 4.96. The molecule has 0 spiro atoms. The van der Waals surface area contributed by atoms with Gasteiger partial charge in [0.1, 0.15) is 4.83 Å². The van der Waals surface area contributed by atoms with Crippen LogP contribution in [0.4, 0.5) is 0 Å². The first-order valence-corrected chi connectivity index (χ1v) is 6.40. The molecular weight excluding hydrogens is 291 g/mol. The van der Waals surface area contributed by atoms with Crippen molar-refractivity contribution in [3.8, 4) is 0 Å². The highest BCUT2D eigenvalue weighted by Crippen LogP contribution is 2.21. The molecule has 1 atom stereocenters. The first-order chi connectivity index (χ1) is 7.56. The number of ether oxygens (including phenoxy) is 1. The van der Waals surface area contributed by atoms with Crippen molar-refractivity contribution in [2.24, 2.45) is 0 Å². The van der Waals surface area contributed by atoms with Crippen molar-refractivity contribution >= 4 is 33.5 Å². The quantitative estimate of drug-likeness (QED) is 0.628. The Morgan fingerprint density at radius 1 is 1.56 bits per heavy atom. The predicted octanol–water partition coefficient (Wildman–Crippen LogP) is 3.52. The van der Waals surface area contributed by atoms with E-state index in [0.29, 0.717) is 13.0 Å². The highest BCUT2D eigenvalue weighted by molar-refractivity contribution is 9.10. The summed E-state index contributed by atoms with van der Waals surface area (Å²) >= 11 is 9.33. The maximum atomic E-state index is 11.4. The van der Waals surface area contributed by atoms with Crippen LogP contribution in [0, 0.1) is 6.92 Å². The molecule has 0 radical (unpaired) electrons. The van der Waals surface area contributed by atoms with Gasteiger partial charge in [0.25, 0.3) is 0 Å². The summed E-state index contributed by atoms with van der Waals surface area (Å²) in [5.74, 6) is -0.234. The van der Waals surface area contributed by atoms with Gasteiger partial charge in [0, 0.05) is 5.02 Å². The SMILES string of the molecule is CCOC(=O)C(Br)Cc1cccc(Cl)c1C. The van der Waals surface area contributed by atoms with Crippen LogP contribution in [0.5, 0.6) is 0 Å². The van der Waals surface area contributed by atoms with Gasteiger partial charge < -0.3 is 4.74 Å². The molecule has 0 fully saturated rings. The monoisotopic (exact) mass is 304 g/mol. The summed E-state index contributed by atoms with van der Waals surface area (Å²) in [5.41, 5.74) is 2.07. The van der Waals surface area contributed by atoms with E-state index < -0.39 is 0 Å². The molecule has 0 aliphatic rings. The van der Waals surface area contributed by atoms with E-state index in [1.54, 1.807) is 6.92 Å². The zero-order valence-electron chi connectivity index (χ0n) is 9.30. The van der Waals surface area contributed by atoms with Crippen LogP contribution in [0.1, 0.15) is 18.1 Å². The van der Waals surface area contributed by atoms with Gasteiger partial charge in [0.15, 0.2) is 0 Å². The highest BCUT2D eigenvalue weighted by Gasteiger charge is 2.17. The van der Waals surface area contributed by atoms with Crippen molar-refractivity contribution in [1.29, 1.82) is 0 Å². The van der Waals surface area contributed by atoms with E-state index in [9.17, 15) is 4.79 Å². The Balaban J connectivity index is 2.73. The van der Waals surface area contributed by atoms with Crippen LogP contribution in [0.3, 0.4) is 0 Å². The molecule has 0 N–H and O–H groups in total. The molecule has 16 heavy (non-hydrogen) atoms. The normalized spacial score (nSPS) is 12.2. The summed E-state index contributed by atoms with van der Waals surface area (Å²) in [6, 6.07) is 5.69. The second-order valence-electron chi connectivity index (χ2n) is 3.45. The van der Waals surface area contributed by atoms with Gasteiger partial charge in [0.05, 0.1) is 6.61 Å². The van der Waals surface area contributed by atoms with Gasteiger partial charge >= 0.3 is 5.97 Å². The summed E-state index contributed by atoms with van der Waals surface area (Å²) in [5, 5.41) is 0.723. The van der Waals surface area contributed by atoms with Gasteiger partial charge in [-0.25, -0.2) is 0 Å². The lowest BCUT2D eigenvalue weighted by Gasteiger charge is -2.11. The molecule has 0 aliphatic heterocycles. The highest BCUT2D eigenvalue weighted by atomic mass is 79.9. The molecule has 1 aromatic rings. The van der Waals surface area contributed by atoms with Crippen LogP contribution in [0.15, 0.2) is 18.2 Å². The van der Waals surface area contributed by atoms with Crippen LogP contribution in [0.25, 0.3) is 0 Å². The standard InChI is InChI=1S/C12H14BrClO2/c1-3-16-12(15)10(13)7-9-5-4-6-11(14)8(9)2/h4-6,10H,3,7H2,1-2H3. The van der Waals surface area contributed by atoms with E-state index >= 15 is 0 Å². The number of rotatable bonds is 4. The number of benzene rings is 1. The van der Waals surface area contributed by atoms with Crippen LogP contribution < -0.4 is 0 Å².